The van der Waals surface area contributed by atoms with Crippen LogP contribution < -0.4 is 0 Å². The van der Waals surface area contributed by atoms with Crippen LogP contribution in [0.3, 0.4) is 0 Å². The number of nitrogens with zero attached hydrogens (tertiary/aromatic N) is 2. The number of Topliss-reactive ketones (excluding diaryl/α,β-unsaturated/α-hetero) is 1. The van der Waals surface area contributed by atoms with Gasteiger partial charge in [-0.2, -0.15) is 0 Å². The lowest BCUT2D eigenvalue weighted by molar-refractivity contribution is -0.266. The Hall–Kier alpha value is -2.02. The number of ketones is 1. The van der Waals surface area contributed by atoms with Crippen LogP contribution in [0.25, 0.3) is 0 Å². The van der Waals surface area contributed by atoms with Crippen LogP contribution in [0.2, 0.25) is 0 Å². The molecule has 6 heteroatoms. The lowest BCUT2D eigenvalue weighted by Crippen LogP contribution is -2.60. The summed E-state index contributed by atoms with van der Waals surface area (Å²) in [5, 5.41) is 15.7. The smallest absolute Gasteiger partial charge is 0.272 e. The molecule has 0 bridgehead atoms. The van der Waals surface area contributed by atoms with Crippen molar-refractivity contribution in [1.82, 2.24) is 5.06 Å². The van der Waals surface area contributed by atoms with Crippen molar-refractivity contribution in [2.75, 3.05) is 0 Å². The van der Waals surface area contributed by atoms with E-state index >= 15 is 0 Å². The van der Waals surface area contributed by atoms with Crippen molar-refractivity contribution in [2.45, 2.75) is 25.6 Å². The minimum Gasteiger partial charge on any atom is -0.362 e. The number of rotatable bonds is 3. The maximum absolute atomic E-state index is 12.8. The van der Waals surface area contributed by atoms with Crippen LogP contribution in [-0.2, 0) is 4.84 Å². The Balaban J connectivity index is 1.93. The van der Waals surface area contributed by atoms with Crippen molar-refractivity contribution < 1.29 is 14.8 Å². The molecule has 1 aliphatic heterocycles. The molecule has 1 N–H and O–H groups in total. The molecule has 0 spiro atoms. The topological polar surface area (TPSA) is 62.1 Å². The zero-order valence-corrected chi connectivity index (χ0v) is 14.9. The fraction of sp³-hybridized carbons (Fsp3) is 0.222. The summed E-state index contributed by atoms with van der Waals surface area (Å²) >= 11 is 3.33. The van der Waals surface area contributed by atoms with E-state index in [-0.39, 0.29) is 5.78 Å². The number of hydrogen-bond acceptors (Lipinski definition) is 5. The van der Waals surface area contributed by atoms with E-state index in [9.17, 15) is 10.0 Å². The van der Waals surface area contributed by atoms with Crippen LogP contribution in [0.4, 0.5) is 0 Å². The van der Waals surface area contributed by atoms with Gasteiger partial charge >= 0.3 is 0 Å². The molecule has 0 saturated carbocycles. The zero-order valence-electron chi connectivity index (χ0n) is 13.3. The minimum absolute atomic E-state index is 0.361. The van der Waals surface area contributed by atoms with Crippen LogP contribution in [0, 0.1) is 0 Å². The van der Waals surface area contributed by atoms with E-state index in [1.807, 2.05) is 30.3 Å². The molecule has 3 rings (SSSR count). The Morgan fingerprint density at radius 2 is 1.83 bits per heavy atom. The van der Waals surface area contributed by atoms with Gasteiger partial charge < -0.3 is 10.0 Å². The van der Waals surface area contributed by atoms with Crippen LogP contribution in [0.5, 0.6) is 0 Å². The summed E-state index contributed by atoms with van der Waals surface area (Å²) in [6.45, 7) is 3.29. The molecule has 24 heavy (non-hydrogen) atoms. The van der Waals surface area contributed by atoms with E-state index in [0.717, 1.165) is 15.1 Å². The second-order valence-electron chi connectivity index (χ2n) is 5.77. The number of halogens is 1. The third kappa shape index (κ3) is 2.88. The number of carbonyl (C=O) groups is 1. The average molecular weight is 389 g/mol. The lowest BCUT2D eigenvalue weighted by Gasteiger charge is -2.40. The van der Waals surface area contributed by atoms with Crippen LogP contribution in [0.15, 0.2) is 64.2 Å². The van der Waals surface area contributed by atoms with Crippen molar-refractivity contribution in [3.8, 4) is 0 Å². The van der Waals surface area contributed by atoms with Gasteiger partial charge in [-0.25, -0.2) is 0 Å². The zero-order chi connectivity index (χ0) is 17.3. The molecule has 1 aliphatic rings. The second-order valence-corrected chi connectivity index (χ2v) is 6.69. The van der Waals surface area contributed by atoms with E-state index in [1.54, 1.807) is 31.2 Å². The highest BCUT2D eigenvalue weighted by Gasteiger charge is 2.49. The van der Waals surface area contributed by atoms with Gasteiger partial charge in [0, 0.05) is 22.5 Å². The molecule has 2 aromatic rings. The van der Waals surface area contributed by atoms with Gasteiger partial charge in [-0.15, -0.1) is 5.06 Å². The van der Waals surface area contributed by atoms with Crippen LogP contribution in [0.1, 0.15) is 29.8 Å². The molecule has 2 atom stereocenters. The first-order chi connectivity index (χ1) is 11.4. The maximum Gasteiger partial charge on any atom is 0.272 e. The minimum atomic E-state index is -1.58. The Bertz CT molecular complexity index is 777. The van der Waals surface area contributed by atoms with Gasteiger partial charge in [-0.1, -0.05) is 63.6 Å². The fourth-order valence-electron chi connectivity index (χ4n) is 2.66. The van der Waals surface area contributed by atoms with Gasteiger partial charge in [0.1, 0.15) is 5.71 Å². The highest BCUT2D eigenvalue weighted by atomic mass is 79.9. The molecular formula is C18H17BrN2O3. The Morgan fingerprint density at radius 3 is 2.46 bits per heavy atom. The number of carbonyl (C=O) groups excluding carboxylic acids is 1. The number of hydrogen-bond donors (Lipinski definition) is 1. The molecule has 2 aromatic carbocycles. The second kappa shape index (κ2) is 6.47. The molecule has 0 fully saturated rings. The van der Waals surface area contributed by atoms with Crippen molar-refractivity contribution in [1.29, 1.82) is 0 Å². The van der Waals surface area contributed by atoms with Crippen LogP contribution >= 0.6 is 15.9 Å². The largest absolute Gasteiger partial charge is 0.362 e. The van der Waals surface area contributed by atoms with E-state index in [2.05, 4.69) is 21.1 Å². The Kier molecular flexibility index (Phi) is 4.54. The highest BCUT2D eigenvalue weighted by molar-refractivity contribution is 9.10. The molecule has 0 saturated heterocycles. The molecular weight excluding hydrogens is 372 g/mol. The molecule has 0 amide bonds. The van der Waals surface area contributed by atoms with E-state index < -0.39 is 11.8 Å². The fourth-order valence-corrected chi connectivity index (χ4v) is 2.92. The first kappa shape index (κ1) is 16.8. The van der Waals surface area contributed by atoms with Crippen molar-refractivity contribution in [2.24, 2.45) is 5.16 Å². The van der Waals surface area contributed by atoms with Crippen LogP contribution in [-0.4, -0.2) is 33.5 Å². The predicted molar refractivity (Wildman–Crippen MR) is 94.0 cm³/mol. The third-order valence-electron chi connectivity index (χ3n) is 4.12. The molecule has 0 unspecified atom stereocenters. The summed E-state index contributed by atoms with van der Waals surface area (Å²) in [6, 6.07) is 15.8. The van der Waals surface area contributed by atoms with E-state index in [0.29, 0.717) is 11.3 Å². The SMILES string of the molecule is C[C@H]1C(c2ccccc2)=NO[C@](C)(C(=O)c2ccc(Br)cc2)N1O. The molecule has 0 aromatic heterocycles. The van der Waals surface area contributed by atoms with Gasteiger partial charge in [0.2, 0.25) is 5.78 Å². The van der Waals surface area contributed by atoms with Gasteiger partial charge in [0.15, 0.2) is 0 Å². The summed E-state index contributed by atoms with van der Waals surface area (Å²) in [5.74, 6) is -0.361. The number of hydroxylamine groups is 2. The van der Waals surface area contributed by atoms with Crippen molar-refractivity contribution in [3.05, 3.63) is 70.2 Å². The Labute approximate surface area is 148 Å². The number of oxime groups is 1. The lowest BCUT2D eigenvalue weighted by atomic mass is 9.97. The van der Waals surface area contributed by atoms with E-state index in [1.165, 1.54) is 6.92 Å². The number of benzene rings is 2. The monoisotopic (exact) mass is 388 g/mol. The third-order valence-corrected chi connectivity index (χ3v) is 4.65. The normalized spacial score (nSPS) is 24.2. The maximum atomic E-state index is 12.8. The van der Waals surface area contributed by atoms with Crippen molar-refractivity contribution in [3.63, 3.8) is 0 Å². The average Bonchev–Trinajstić information content (AvgIpc) is 2.61. The summed E-state index contributed by atoms with van der Waals surface area (Å²) in [7, 11) is 0. The van der Waals surface area contributed by atoms with Gasteiger partial charge in [0.05, 0.1) is 6.04 Å². The Morgan fingerprint density at radius 1 is 1.21 bits per heavy atom. The standard InChI is InChI=1S/C18H17BrN2O3/c1-12-16(13-6-4-3-5-7-13)20-24-18(2,21(12)23)17(22)14-8-10-15(19)11-9-14/h3-12,23H,1-2H3/t12-,18+/m0/s1. The summed E-state index contributed by atoms with van der Waals surface area (Å²) in [6.07, 6.45) is 0. The first-order valence-corrected chi connectivity index (χ1v) is 8.33. The summed E-state index contributed by atoms with van der Waals surface area (Å²) in [4.78, 5) is 18.3. The molecule has 1 heterocycles. The van der Waals surface area contributed by atoms with Crippen molar-refractivity contribution >= 4 is 27.4 Å². The van der Waals surface area contributed by atoms with E-state index in [4.69, 9.17) is 4.84 Å². The summed E-state index contributed by atoms with van der Waals surface area (Å²) in [5.41, 5.74) is 0.262. The van der Waals surface area contributed by atoms with Gasteiger partial charge in [-0.05, 0) is 19.1 Å². The highest BCUT2D eigenvalue weighted by Crippen LogP contribution is 2.29. The van der Waals surface area contributed by atoms with Gasteiger partial charge in [-0.3, -0.25) is 4.79 Å². The molecule has 0 radical (unpaired) electrons. The molecule has 0 aliphatic carbocycles. The summed E-state index contributed by atoms with van der Waals surface area (Å²) < 4.78 is 0.868. The van der Waals surface area contributed by atoms with Gasteiger partial charge in [0.25, 0.3) is 5.72 Å². The predicted octanol–water partition coefficient (Wildman–Crippen LogP) is 3.86. The molecule has 124 valence electrons. The quantitative estimate of drug-likeness (QED) is 0.810. The molecule has 5 nitrogen and oxygen atoms in total. The first-order valence-electron chi connectivity index (χ1n) is 7.53.